The quantitative estimate of drug-likeness (QED) is 0.790. The lowest BCUT2D eigenvalue weighted by molar-refractivity contribution is 0.0719. The molecule has 1 fully saturated rings. The smallest absolute Gasteiger partial charge is 0.271 e. The van der Waals surface area contributed by atoms with Crippen LogP contribution in [0, 0.1) is 0 Å². The molecule has 1 aliphatic carbocycles. The molecule has 2 atom stereocenters. The van der Waals surface area contributed by atoms with E-state index in [4.69, 9.17) is 10.5 Å². The van der Waals surface area contributed by atoms with Gasteiger partial charge in [0.2, 0.25) is 0 Å². The molecule has 1 aromatic rings. The number of amides is 1. The predicted octanol–water partition coefficient (Wildman–Crippen LogP) is 0.356. The van der Waals surface area contributed by atoms with Crippen molar-refractivity contribution in [1.29, 1.82) is 0 Å². The van der Waals surface area contributed by atoms with Gasteiger partial charge in [0.15, 0.2) is 0 Å². The topological polar surface area (TPSA) is 90.1 Å². The van der Waals surface area contributed by atoms with Gasteiger partial charge in [0.05, 0.1) is 24.5 Å². The summed E-state index contributed by atoms with van der Waals surface area (Å²) in [4.78, 5) is 19.7. The van der Waals surface area contributed by atoms with Gasteiger partial charge in [0.1, 0.15) is 11.5 Å². The van der Waals surface area contributed by atoms with Gasteiger partial charge in [-0.3, -0.25) is 9.78 Å². The van der Waals surface area contributed by atoms with Crippen LogP contribution in [0.15, 0.2) is 12.4 Å². The fourth-order valence-electron chi connectivity index (χ4n) is 2.11. The van der Waals surface area contributed by atoms with Crippen LogP contribution in [-0.4, -0.2) is 35.1 Å². The number of nitrogens with one attached hydrogen (secondary N) is 1. The molecule has 1 amide bonds. The van der Waals surface area contributed by atoms with Crippen molar-refractivity contribution in [1.82, 2.24) is 15.3 Å². The predicted molar refractivity (Wildman–Crippen MR) is 62.3 cm³/mol. The van der Waals surface area contributed by atoms with Gasteiger partial charge >= 0.3 is 0 Å². The van der Waals surface area contributed by atoms with Crippen molar-refractivity contribution in [2.75, 3.05) is 12.8 Å². The molecule has 0 spiro atoms. The van der Waals surface area contributed by atoms with Crippen molar-refractivity contribution in [2.45, 2.75) is 31.4 Å². The molecular weight excluding hydrogens is 220 g/mol. The molecule has 6 nitrogen and oxygen atoms in total. The molecule has 0 saturated heterocycles. The summed E-state index contributed by atoms with van der Waals surface area (Å²) in [6.07, 6.45) is 5.87. The van der Waals surface area contributed by atoms with Gasteiger partial charge in [-0.2, -0.15) is 0 Å². The summed E-state index contributed by atoms with van der Waals surface area (Å²) in [5, 5.41) is 2.90. The van der Waals surface area contributed by atoms with Gasteiger partial charge in [0, 0.05) is 7.11 Å². The number of anilines is 1. The molecule has 0 radical (unpaired) electrons. The minimum Gasteiger partial charge on any atom is -0.382 e. The van der Waals surface area contributed by atoms with Crippen molar-refractivity contribution < 1.29 is 9.53 Å². The number of hydrogen-bond donors (Lipinski definition) is 2. The highest BCUT2D eigenvalue weighted by Crippen LogP contribution is 2.21. The van der Waals surface area contributed by atoms with Crippen LogP contribution < -0.4 is 11.1 Å². The summed E-state index contributed by atoms with van der Waals surface area (Å²) in [6, 6.07) is 0.0516. The van der Waals surface area contributed by atoms with Crippen molar-refractivity contribution >= 4 is 11.7 Å². The third-order valence-electron chi connectivity index (χ3n) is 2.96. The minimum atomic E-state index is -0.251. The fourth-order valence-corrected chi connectivity index (χ4v) is 2.11. The number of carbonyl (C=O) groups excluding carboxylic acids is 1. The van der Waals surface area contributed by atoms with E-state index in [9.17, 15) is 4.79 Å². The molecule has 0 bridgehead atoms. The van der Waals surface area contributed by atoms with Crippen molar-refractivity contribution in [3.05, 3.63) is 18.1 Å². The Morgan fingerprint density at radius 2 is 2.35 bits per heavy atom. The molecule has 3 N–H and O–H groups in total. The highest BCUT2D eigenvalue weighted by atomic mass is 16.5. The van der Waals surface area contributed by atoms with Crippen LogP contribution in [0.2, 0.25) is 0 Å². The van der Waals surface area contributed by atoms with Gasteiger partial charge < -0.3 is 15.8 Å². The third-order valence-corrected chi connectivity index (χ3v) is 2.96. The first-order valence-electron chi connectivity index (χ1n) is 5.62. The van der Waals surface area contributed by atoms with E-state index >= 15 is 0 Å². The first-order chi connectivity index (χ1) is 8.20. The average Bonchev–Trinajstić information content (AvgIpc) is 2.76. The molecule has 0 aliphatic heterocycles. The number of aromatic nitrogens is 2. The van der Waals surface area contributed by atoms with Crippen molar-refractivity contribution in [2.24, 2.45) is 0 Å². The van der Waals surface area contributed by atoms with E-state index in [0.717, 1.165) is 19.3 Å². The Labute approximate surface area is 99.6 Å². The second-order valence-corrected chi connectivity index (χ2v) is 4.11. The zero-order chi connectivity index (χ0) is 12.3. The van der Waals surface area contributed by atoms with Gasteiger partial charge in [-0.25, -0.2) is 4.98 Å². The first-order valence-corrected chi connectivity index (χ1v) is 5.62. The molecule has 2 rings (SSSR count). The molecule has 1 aliphatic rings. The van der Waals surface area contributed by atoms with Crippen LogP contribution in [0.1, 0.15) is 29.8 Å². The summed E-state index contributed by atoms with van der Waals surface area (Å²) in [6.45, 7) is 0. The van der Waals surface area contributed by atoms with Crippen LogP contribution in [0.25, 0.3) is 0 Å². The zero-order valence-corrected chi connectivity index (χ0v) is 9.72. The number of rotatable bonds is 3. The maximum atomic E-state index is 11.9. The van der Waals surface area contributed by atoms with Crippen LogP contribution in [0.3, 0.4) is 0 Å². The molecule has 92 valence electrons. The largest absolute Gasteiger partial charge is 0.382 e. The molecule has 6 heteroatoms. The fraction of sp³-hybridized carbons (Fsp3) is 0.545. The number of nitrogen functional groups attached to an aromatic ring is 1. The molecule has 1 saturated carbocycles. The zero-order valence-electron chi connectivity index (χ0n) is 9.72. The standard InChI is InChI=1S/C11H16N4O2/c1-17-9-4-2-3-7(9)15-11(16)8-5-13-6-10(12)14-8/h5-7,9H,2-4H2,1H3,(H2,12,14)(H,15,16). The molecule has 17 heavy (non-hydrogen) atoms. The number of nitrogens with two attached hydrogens (primary N) is 1. The van der Waals surface area contributed by atoms with Crippen molar-refractivity contribution in [3.63, 3.8) is 0 Å². The summed E-state index contributed by atoms with van der Waals surface area (Å²) in [5.41, 5.74) is 5.72. The number of carbonyl (C=O) groups is 1. The van der Waals surface area contributed by atoms with Crippen LogP contribution in [-0.2, 0) is 4.74 Å². The second-order valence-electron chi connectivity index (χ2n) is 4.11. The minimum absolute atomic E-state index is 0.0516. The van der Waals surface area contributed by atoms with E-state index < -0.39 is 0 Å². The lowest BCUT2D eigenvalue weighted by Gasteiger charge is -2.19. The molecule has 0 aromatic carbocycles. The highest BCUT2D eigenvalue weighted by Gasteiger charge is 2.28. The summed E-state index contributed by atoms with van der Waals surface area (Å²) >= 11 is 0. The van der Waals surface area contributed by atoms with E-state index in [2.05, 4.69) is 15.3 Å². The Morgan fingerprint density at radius 3 is 3.06 bits per heavy atom. The number of ether oxygens (including phenoxy) is 1. The molecule has 1 aromatic heterocycles. The molecule has 2 unspecified atom stereocenters. The molecular formula is C11H16N4O2. The Hall–Kier alpha value is -1.69. The van der Waals surface area contributed by atoms with Gasteiger partial charge in [-0.05, 0) is 19.3 Å². The third kappa shape index (κ3) is 2.71. The Kier molecular flexibility index (Phi) is 3.53. The Balaban J connectivity index is 2.01. The van der Waals surface area contributed by atoms with Gasteiger partial charge in [-0.1, -0.05) is 0 Å². The SMILES string of the molecule is COC1CCCC1NC(=O)c1cncc(N)n1. The maximum Gasteiger partial charge on any atom is 0.271 e. The molecule has 1 heterocycles. The number of hydrogen-bond acceptors (Lipinski definition) is 5. The first kappa shape index (κ1) is 11.8. The monoisotopic (exact) mass is 236 g/mol. The van der Waals surface area contributed by atoms with Crippen molar-refractivity contribution in [3.8, 4) is 0 Å². The van der Waals surface area contributed by atoms with E-state index in [-0.39, 0.29) is 29.6 Å². The van der Waals surface area contributed by atoms with Crippen LogP contribution in [0.5, 0.6) is 0 Å². The Morgan fingerprint density at radius 1 is 1.53 bits per heavy atom. The maximum absolute atomic E-state index is 11.9. The van der Waals surface area contributed by atoms with Gasteiger partial charge in [0.25, 0.3) is 5.91 Å². The highest BCUT2D eigenvalue weighted by molar-refractivity contribution is 5.92. The average molecular weight is 236 g/mol. The normalized spacial score (nSPS) is 23.6. The lowest BCUT2D eigenvalue weighted by Crippen LogP contribution is -2.41. The van der Waals surface area contributed by atoms with Gasteiger partial charge in [-0.15, -0.1) is 0 Å². The van der Waals surface area contributed by atoms with E-state index in [1.165, 1.54) is 12.4 Å². The Bertz CT molecular complexity index is 410. The summed E-state index contributed by atoms with van der Waals surface area (Å²) in [5.74, 6) is -0.00823. The summed E-state index contributed by atoms with van der Waals surface area (Å²) < 4.78 is 5.31. The van der Waals surface area contributed by atoms with E-state index in [1.807, 2.05) is 0 Å². The van der Waals surface area contributed by atoms with E-state index in [1.54, 1.807) is 7.11 Å². The number of nitrogens with zero attached hydrogens (tertiary/aromatic N) is 2. The van der Waals surface area contributed by atoms with Crippen LogP contribution >= 0.6 is 0 Å². The second kappa shape index (κ2) is 5.09. The van der Waals surface area contributed by atoms with Crippen LogP contribution in [0.4, 0.5) is 5.82 Å². The lowest BCUT2D eigenvalue weighted by atomic mass is 10.2. The number of methoxy groups -OCH3 is 1. The van der Waals surface area contributed by atoms with E-state index in [0.29, 0.717) is 0 Å². The summed E-state index contributed by atoms with van der Waals surface area (Å²) in [7, 11) is 1.66.